The molecule has 17 heavy (non-hydrogen) atoms. The first kappa shape index (κ1) is 10.7. The summed E-state index contributed by atoms with van der Waals surface area (Å²) in [7, 11) is 0. The minimum absolute atomic E-state index is 0.747. The molecular formula is C15H18N2. The monoisotopic (exact) mass is 226 g/mol. The van der Waals surface area contributed by atoms with E-state index in [4.69, 9.17) is 0 Å². The molecule has 3 rings (SSSR count). The van der Waals surface area contributed by atoms with Crippen molar-refractivity contribution in [2.24, 2.45) is 5.92 Å². The van der Waals surface area contributed by atoms with E-state index in [2.05, 4.69) is 41.5 Å². The van der Waals surface area contributed by atoms with E-state index in [1.807, 2.05) is 12.4 Å². The number of benzene rings is 1. The summed E-state index contributed by atoms with van der Waals surface area (Å²) >= 11 is 0. The van der Waals surface area contributed by atoms with Crippen LogP contribution >= 0.6 is 0 Å². The van der Waals surface area contributed by atoms with Crippen LogP contribution in [0.25, 0.3) is 10.8 Å². The van der Waals surface area contributed by atoms with Crippen molar-refractivity contribution >= 4 is 10.8 Å². The molecule has 2 nitrogen and oxygen atoms in total. The lowest BCUT2D eigenvalue weighted by molar-refractivity contribution is 0.625. The zero-order valence-electron chi connectivity index (χ0n) is 10.2. The topological polar surface area (TPSA) is 24.9 Å². The van der Waals surface area contributed by atoms with Crippen LogP contribution in [0.3, 0.4) is 0 Å². The molecule has 1 saturated carbocycles. The molecule has 0 radical (unpaired) electrons. The summed E-state index contributed by atoms with van der Waals surface area (Å²) in [6, 6.07) is 9.30. The molecule has 2 atom stereocenters. The second-order valence-electron chi connectivity index (χ2n) is 4.91. The molecule has 88 valence electrons. The molecule has 2 heteroatoms. The van der Waals surface area contributed by atoms with Gasteiger partial charge in [-0.05, 0) is 29.4 Å². The average molecular weight is 226 g/mol. The Morgan fingerprint density at radius 2 is 2.29 bits per heavy atom. The molecule has 0 saturated heterocycles. The number of aromatic nitrogens is 1. The maximum Gasteiger partial charge on any atom is 0.0346 e. The van der Waals surface area contributed by atoms with Crippen LogP contribution in [0, 0.1) is 5.92 Å². The predicted molar refractivity (Wildman–Crippen MR) is 70.8 cm³/mol. The highest BCUT2D eigenvalue weighted by Gasteiger charge is 2.34. The maximum atomic E-state index is 4.17. The molecule has 1 aromatic heterocycles. The number of hydrogen-bond donors (Lipinski definition) is 1. The van der Waals surface area contributed by atoms with Crippen molar-refractivity contribution in [1.82, 2.24) is 10.3 Å². The number of nitrogens with one attached hydrogen (secondary N) is 1. The quantitative estimate of drug-likeness (QED) is 0.866. The zero-order chi connectivity index (χ0) is 11.7. The first-order valence-electron chi connectivity index (χ1n) is 6.43. The zero-order valence-corrected chi connectivity index (χ0v) is 10.2. The minimum Gasteiger partial charge on any atom is -0.310 e. The van der Waals surface area contributed by atoms with E-state index in [1.54, 1.807) is 0 Å². The smallest absolute Gasteiger partial charge is 0.0346 e. The molecule has 1 N–H and O–H groups in total. The fourth-order valence-corrected chi connectivity index (χ4v) is 2.53. The first-order chi connectivity index (χ1) is 8.38. The third-order valence-electron chi connectivity index (χ3n) is 3.77. The Hall–Kier alpha value is -1.41. The lowest BCUT2D eigenvalue weighted by atomic mass is 10.1. The van der Waals surface area contributed by atoms with Crippen molar-refractivity contribution < 1.29 is 0 Å². The van der Waals surface area contributed by atoms with E-state index < -0.39 is 0 Å². The van der Waals surface area contributed by atoms with Gasteiger partial charge in [-0.2, -0.15) is 0 Å². The number of rotatable bonds is 4. The van der Waals surface area contributed by atoms with Crippen molar-refractivity contribution in [2.45, 2.75) is 32.4 Å². The van der Waals surface area contributed by atoms with Crippen molar-refractivity contribution in [3.05, 3.63) is 42.2 Å². The van der Waals surface area contributed by atoms with E-state index in [-0.39, 0.29) is 0 Å². The largest absolute Gasteiger partial charge is 0.310 e. The van der Waals surface area contributed by atoms with E-state index in [1.165, 1.54) is 29.2 Å². The van der Waals surface area contributed by atoms with Crippen LogP contribution in [0.15, 0.2) is 36.7 Å². The molecular weight excluding hydrogens is 208 g/mol. The van der Waals surface area contributed by atoms with E-state index in [0.717, 1.165) is 18.5 Å². The number of pyridine rings is 1. The highest BCUT2D eigenvalue weighted by atomic mass is 15.0. The predicted octanol–water partition coefficient (Wildman–Crippen LogP) is 3.12. The Kier molecular flexibility index (Phi) is 2.81. The normalized spacial score (nSPS) is 22.9. The molecule has 0 amide bonds. The summed E-state index contributed by atoms with van der Waals surface area (Å²) in [4.78, 5) is 4.17. The van der Waals surface area contributed by atoms with Gasteiger partial charge in [-0.15, -0.1) is 0 Å². The Morgan fingerprint density at radius 1 is 1.35 bits per heavy atom. The van der Waals surface area contributed by atoms with Crippen LogP contribution in [-0.4, -0.2) is 11.0 Å². The summed E-state index contributed by atoms with van der Waals surface area (Å²) in [5.74, 6) is 0.909. The summed E-state index contributed by atoms with van der Waals surface area (Å²) < 4.78 is 0. The van der Waals surface area contributed by atoms with Gasteiger partial charge in [0.25, 0.3) is 0 Å². The third kappa shape index (κ3) is 2.18. The fourth-order valence-electron chi connectivity index (χ4n) is 2.53. The van der Waals surface area contributed by atoms with Gasteiger partial charge in [-0.25, -0.2) is 0 Å². The minimum atomic E-state index is 0.747. The second-order valence-corrected chi connectivity index (χ2v) is 4.91. The number of nitrogens with zero attached hydrogens (tertiary/aromatic N) is 1. The highest BCUT2D eigenvalue weighted by Crippen LogP contribution is 2.33. The van der Waals surface area contributed by atoms with Crippen molar-refractivity contribution in [1.29, 1.82) is 0 Å². The van der Waals surface area contributed by atoms with Gasteiger partial charge >= 0.3 is 0 Å². The molecule has 0 bridgehead atoms. The van der Waals surface area contributed by atoms with Gasteiger partial charge in [-0.1, -0.05) is 31.5 Å². The summed E-state index contributed by atoms with van der Waals surface area (Å²) in [5, 5.41) is 6.20. The van der Waals surface area contributed by atoms with Crippen molar-refractivity contribution in [3.63, 3.8) is 0 Å². The van der Waals surface area contributed by atoms with Crippen LogP contribution in [0.2, 0.25) is 0 Å². The van der Waals surface area contributed by atoms with E-state index in [0.29, 0.717) is 0 Å². The Bertz CT molecular complexity index is 516. The maximum absolute atomic E-state index is 4.17. The molecule has 1 aliphatic rings. The lowest BCUT2D eigenvalue weighted by Gasteiger charge is -2.07. The van der Waals surface area contributed by atoms with Crippen molar-refractivity contribution in [2.75, 3.05) is 0 Å². The van der Waals surface area contributed by atoms with Crippen LogP contribution in [0.1, 0.15) is 25.3 Å². The lowest BCUT2D eigenvalue weighted by Crippen LogP contribution is -2.17. The summed E-state index contributed by atoms with van der Waals surface area (Å²) in [6.07, 6.45) is 6.46. The molecule has 1 aromatic carbocycles. The SMILES string of the molecule is CCC1CC1NCc1cccc2cnccc12. The average Bonchev–Trinajstić information content (AvgIpc) is 3.15. The van der Waals surface area contributed by atoms with Crippen LogP contribution in [0.4, 0.5) is 0 Å². The molecule has 1 heterocycles. The Balaban J connectivity index is 1.76. The number of fused-ring (bicyclic) bond motifs is 1. The van der Waals surface area contributed by atoms with Gasteiger partial charge in [0.1, 0.15) is 0 Å². The molecule has 2 unspecified atom stereocenters. The standard InChI is InChI=1S/C15H18N2/c1-2-11-8-15(11)17-10-13-5-3-4-12-9-16-7-6-14(12)13/h3-7,9,11,15,17H,2,8,10H2,1H3. The van der Waals surface area contributed by atoms with Crippen LogP contribution in [0.5, 0.6) is 0 Å². The van der Waals surface area contributed by atoms with Gasteiger partial charge in [0.2, 0.25) is 0 Å². The molecule has 2 aromatic rings. The van der Waals surface area contributed by atoms with Gasteiger partial charge in [0.15, 0.2) is 0 Å². The van der Waals surface area contributed by atoms with E-state index >= 15 is 0 Å². The Labute approximate surface area is 102 Å². The highest BCUT2D eigenvalue weighted by molar-refractivity contribution is 5.84. The molecule has 1 fully saturated rings. The molecule has 0 aliphatic heterocycles. The van der Waals surface area contributed by atoms with Gasteiger partial charge in [-0.3, -0.25) is 4.98 Å². The third-order valence-corrected chi connectivity index (χ3v) is 3.77. The fraction of sp³-hybridized carbons (Fsp3) is 0.400. The summed E-state index contributed by atoms with van der Waals surface area (Å²) in [6.45, 7) is 3.25. The summed E-state index contributed by atoms with van der Waals surface area (Å²) in [5.41, 5.74) is 1.38. The first-order valence-corrected chi connectivity index (χ1v) is 6.43. The molecule has 1 aliphatic carbocycles. The van der Waals surface area contributed by atoms with Gasteiger partial charge < -0.3 is 5.32 Å². The van der Waals surface area contributed by atoms with Gasteiger partial charge in [0.05, 0.1) is 0 Å². The Morgan fingerprint density at radius 3 is 3.12 bits per heavy atom. The molecule has 0 spiro atoms. The van der Waals surface area contributed by atoms with Crippen molar-refractivity contribution in [3.8, 4) is 0 Å². The number of hydrogen-bond acceptors (Lipinski definition) is 2. The van der Waals surface area contributed by atoms with Gasteiger partial charge in [0, 0.05) is 30.4 Å². The van der Waals surface area contributed by atoms with Crippen LogP contribution in [-0.2, 0) is 6.54 Å². The van der Waals surface area contributed by atoms with Crippen LogP contribution < -0.4 is 5.32 Å². The second kappa shape index (κ2) is 4.46. The van der Waals surface area contributed by atoms with E-state index in [9.17, 15) is 0 Å².